The first-order chi connectivity index (χ1) is 13.4. The standard InChI is InChI=1S/C19H22N4O3S2/c1-14-10-11-17(27-14)28(25,26)22-12-6-7-15(13-22)18-20-21(2)19(24)23(18)16-8-4-3-5-9-16/h3-5,8-11,15H,6-7,12-13H2,1-2H3. The molecule has 0 spiro atoms. The molecule has 4 rings (SSSR count). The van der Waals surface area contributed by atoms with Crippen LogP contribution >= 0.6 is 11.3 Å². The Morgan fingerprint density at radius 3 is 2.57 bits per heavy atom. The first-order valence-corrected chi connectivity index (χ1v) is 11.4. The van der Waals surface area contributed by atoms with E-state index < -0.39 is 10.0 Å². The summed E-state index contributed by atoms with van der Waals surface area (Å²) in [4.78, 5) is 13.6. The summed E-state index contributed by atoms with van der Waals surface area (Å²) in [7, 11) is -1.91. The van der Waals surface area contributed by atoms with Crippen LogP contribution < -0.4 is 5.69 Å². The molecule has 2 aromatic heterocycles. The van der Waals surface area contributed by atoms with Gasteiger partial charge in [-0.2, -0.15) is 9.40 Å². The van der Waals surface area contributed by atoms with Gasteiger partial charge in [0.15, 0.2) is 0 Å². The molecule has 1 aromatic carbocycles. The zero-order valence-corrected chi connectivity index (χ0v) is 17.4. The van der Waals surface area contributed by atoms with Crippen molar-refractivity contribution in [2.45, 2.75) is 29.9 Å². The Bertz CT molecular complexity index is 1150. The second-order valence-electron chi connectivity index (χ2n) is 7.00. The van der Waals surface area contributed by atoms with E-state index in [1.54, 1.807) is 17.7 Å². The van der Waals surface area contributed by atoms with Crippen LogP contribution in [0.25, 0.3) is 5.69 Å². The average Bonchev–Trinajstić information content (AvgIpc) is 3.27. The summed E-state index contributed by atoms with van der Waals surface area (Å²) in [5.74, 6) is 0.472. The number of para-hydroxylation sites is 1. The minimum atomic E-state index is -3.53. The molecule has 28 heavy (non-hydrogen) atoms. The molecule has 0 N–H and O–H groups in total. The van der Waals surface area contributed by atoms with Crippen LogP contribution in [0.5, 0.6) is 0 Å². The molecule has 1 aliphatic rings. The summed E-state index contributed by atoms with van der Waals surface area (Å²) < 4.78 is 30.9. The first-order valence-electron chi connectivity index (χ1n) is 9.16. The van der Waals surface area contributed by atoms with Crippen LogP contribution in [0.1, 0.15) is 29.5 Å². The maximum Gasteiger partial charge on any atom is 0.350 e. The lowest BCUT2D eigenvalue weighted by Crippen LogP contribution is -2.39. The fraction of sp³-hybridized carbons (Fsp3) is 0.368. The van der Waals surface area contributed by atoms with Crippen molar-refractivity contribution in [3.8, 4) is 5.69 Å². The fourth-order valence-corrected chi connectivity index (χ4v) is 6.58. The van der Waals surface area contributed by atoms with E-state index >= 15 is 0 Å². The van der Waals surface area contributed by atoms with Gasteiger partial charge in [0.05, 0.1) is 5.69 Å². The van der Waals surface area contributed by atoms with E-state index in [-0.39, 0.29) is 11.6 Å². The van der Waals surface area contributed by atoms with Crippen LogP contribution in [0.15, 0.2) is 51.5 Å². The third-order valence-electron chi connectivity index (χ3n) is 5.02. The lowest BCUT2D eigenvalue weighted by molar-refractivity contribution is 0.307. The van der Waals surface area contributed by atoms with Crippen molar-refractivity contribution in [1.82, 2.24) is 18.7 Å². The zero-order valence-electron chi connectivity index (χ0n) is 15.8. The highest BCUT2D eigenvalue weighted by atomic mass is 32.2. The van der Waals surface area contributed by atoms with Crippen LogP contribution in [0, 0.1) is 6.92 Å². The Morgan fingerprint density at radius 2 is 1.89 bits per heavy atom. The molecule has 0 amide bonds. The van der Waals surface area contributed by atoms with E-state index in [1.165, 1.54) is 20.3 Å². The molecule has 0 saturated carbocycles. The number of nitrogens with zero attached hydrogens (tertiary/aromatic N) is 4. The summed E-state index contributed by atoms with van der Waals surface area (Å²) in [6, 6.07) is 12.8. The maximum absolute atomic E-state index is 13.0. The summed E-state index contributed by atoms with van der Waals surface area (Å²) >= 11 is 1.29. The highest BCUT2D eigenvalue weighted by molar-refractivity contribution is 7.91. The van der Waals surface area contributed by atoms with Crippen molar-refractivity contribution in [2.24, 2.45) is 7.05 Å². The number of aryl methyl sites for hydroxylation is 2. The van der Waals surface area contributed by atoms with Gasteiger partial charge in [0.25, 0.3) is 10.0 Å². The predicted octanol–water partition coefficient (Wildman–Crippen LogP) is 2.51. The number of benzene rings is 1. The van der Waals surface area contributed by atoms with Crippen molar-refractivity contribution in [2.75, 3.05) is 13.1 Å². The van der Waals surface area contributed by atoms with Gasteiger partial charge in [0.1, 0.15) is 10.0 Å². The Labute approximate surface area is 167 Å². The molecule has 0 bridgehead atoms. The predicted molar refractivity (Wildman–Crippen MR) is 109 cm³/mol. The van der Waals surface area contributed by atoms with Crippen molar-refractivity contribution in [3.05, 3.63) is 63.7 Å². The molecular weight excluding hydrogens is 396 g/mol. The van der Waals surface area contributed by atoms with Crippen LogP contribution in [0.3, 0.4) is 0 Å². The van der Waals surface area contributed by atoms with Crippen molar-refractivity contribution in [1.29, 1.82) is 0 Å². The molecule has 0 radical (unpaired) electrons. The van der Waals surface area contributed by atoms with Gasteiger partial charge < -0.3 is 0 Å². The van der Waals surface area contributed by atoms with Crippen molar-refractivity contribution < 1.29 is 8.42 Å². The fourth-order valence-electron chi connectivity index (χ4n) is 3.62. The number of thiophene rings is 1. The third-order valence-corrected chi connectivity index (χ3v) is 8.36. The monoisotopic (exact) mass is 418 g/mol. The minimum Gasteiger partial charge on any atom is -0.247 e. The van der Waals surface area contributed by atoms with Gasteiger partial charge in [-0.15, -0.1) is 11.3 Å². The molecule has 148 valence electrons. The second kappa shape index (κ2) is 7.31. The molecule has 3 heterocycles. The lowest BCUT2D eigenvalue weighted by Gasteiger charge is -2.31. The summed E-state index contributed by atoms with van der Waals surface area (Å²) in [6.07, 6.45) is 1.52. The topological polar surface area (TPSA) is 77.2 Å². The van der Waals surface area contributed by atoms with Gasteiger partial charge in [-0.3, -0.25) is 0 Å². The van der Waals surface area contributed by atoms with Gasteiger partial charge in [-0.25, -0.2) is 22.5 Å². The highest BCUT2D eigenvalue weighted by Crippen LogP contribution is 2.32. The van der Waals surface area contributed by atoms with Gasteiger partial charge in [-0.1, -0.05) is 18.2 Å². The molecule has 1 atom stereocenters. The molecule has 1 aliphatic heterocycles. The molecule has 7 nitrogen and oxygen atoms in total. The summed E-state index contributed by atoms with van der Waals surface area (Å²) in [6.45, 7) is 2.70. The molecule has 1 saturated heterocycles. The third kappa shape index (κ3) is 3.34. The molecule has 1 fully saturated rings. The van der Waals surface area contributed by atoms with Gasteiger partial charge in [0.2, 0.25) is 0 Å². The van der Waals surface area contributed by atoms with E-state index in [0.29, 0.717) is 23.1 Å². The molecule has 3 aromatic rings. The SMILES string of the molecule is Cc1ccc(S(=O)(=O)N2CCCC(c3nn(C)c(=O)n3-c3ccccc3)C2)s1. The number of piperidine rings is 1. The van der Waals surface area contributed by atoms with Crippen LogP contribution in [-0.4, -0.2) is 40.2 Å². The Balaban J connectivity index is 1.70. The second-order valence-corrected chi connectivity index (χ2v) is 10.5. The van der Waals surface area contributed by atoms with Gasteiger partial charge >= 0.3 is 5.69 Å². The van der Waals surface area contributed by atoms with E-state index in [1.807, 2.05) is 43.3 Å². The minimum absolute atomic E-state index is 0.140. The zero-order chi connectivity index (χ0) is 19.9. The van der Waals surface area contributed by atoms with Gasteiger partial charge in [0, 0.05) is 30.9 Å². The average molecular weight is 419 g/mol. The lowest BCUT2D eigenvalue weighted by atomic mass is 9.98. The number of sulfonamides is 1. The van der Waals surface area contributed by atoms with Crippen LogP contribution in [0.4, 0.5) is 0 Å². The number of hydrogen-bond donors (Lipinski definition) is 0. The Hall–Kier alpha value is -2.23. The van der Waals surface area contributed by atoms with E-state index in [2.05, 4.69) is 5.10 Å². The molecule has 0 aliphatic carbocycles. The van der Waals surface area contributed by atoms with E-state index in [0.717, 1.165) is 23.4 Å². The maximum atomic E-state index is 13.0. The normalized spacial score (nSPS) is 18.4. The van der Waals surface area contributed by atoms with E-state index in [9.17, 15) is 13.2 Å². The molecular formula is C19H22N4O3S2. The quantitative estimate of drug-likeness (QED) is 0.652. The van der Waals surface area contributed by atoms with Crippen LogP contribution in [-0.2, 0) is 17.1 Å². The largest absolute Gasteiger partial charge is 0.350 e. The van der Waals surface area contributed by atoms with E-state index in [4.69, 9.17) is 0 Å². The Morgan fingerprint density at radius 1 is 1.14 bits per heavy atom. The Kier molecular flexibility index (Phi) is 4.98. The van der Waals surface area contributed by atoms with Crippen LogP contribution in [0.2, 0.25) is 0 Å². The highest BCUT2D eigenvalue weighted by Gasteiger charge is 2.34. The molecule has 1 unspecified atom stereocenters. The van der Waals surface area contributed by atoms with Crippen molar-refractivity contribution >= 4 is 21.4 Å². The summed E-state index contributed by atoms with van der Waals surface area (Å²) in [5, 5.41) is 4.45. The number of hydrogen-bond acceptors (Lipinski definition) is 5. The molecule has 9 heteroatoms. The summed E-state index contributed by atoms with van der Waals surface area (Å²) in [5.41, 5.74) is 0.513. The van der Waals surface area contributed by atoms with Gasteiger partial charge in [-0.05, 0) is 44.0 Å². The van der Waals surface area contributed by atoms with Crippen molar-refractivity contribution in [3.63, 3.8) is 0 Å². The smallest absolute Gasteiger partial charge is 0.247 e. The first kappa shape index (κ1) is 19.1. The number of aromatic nitrogens is 3. The number of rotatable bonds is 4.